The van der Waals surface area contributed by atoms with E-state index in [0.717, 1.165) is 6.26 Å². The Labute approximate surface area is 24.1 Å². The van der Waals surface area contributed by atoms with Gasteiger partial charge in [-0.3, -0.25) is 0 Å². The van der Waals surface area contributed by atoms with Crippen molar-refractivity contribution in [2.24, 2.45) is 0 Å². The van der Waals surface area contributed by atoms with Gasteiger partial charge in [-0.25, -0.2) is 0 Å². The lowest BCUT2D eigenvalue weighted by atomic mass is 11.6. The SMILES string of the molecule is N#CO.[NH4+]. The fourth-order valence-electron chi connectivity index (χ4n) is 0. The highest BCUT2D eigenvalue weighted by molar-refractivity contribution is 4.30. The minimum atomic E-state index is 0. The molecule has 0 radical (unpaired) electrons. The van der Waals surface area contributed by atoms with E-state index in [1.165, 1.54) is 0 Å². The van der Waals surface area contributed by atoms with Crippen LogP contribution in [0, 0.1) is 11.5 Å². The van der Waals surface area contributed by atoms with Gasteiger partial charge < -0.3 is 11.3 Å². The Balaban J connectivity index is 0. The van der Waals surface area contributed by atoms with Crippen LogP contribution in [-0.4, -0.2) is 5.11 Å². The summed E-state index contributed by atoms with van der Waals surface area (Å²) in [6.45, 7) is 0. The van der Waals surface area contributed by atoms with Crippen LogP contribution in [0.15, 0.2) is 0 Å². The van der Waals surface area contributed by atoms with Crippen molar-refractivity contribution in [1.29, 1.82) is 5.26 Å². The molecule has 0 unspecified atom stereocenters. The van der Waals surface area contributed by atoms with E-state index < -0.39 is 0 Å². The lowest BCUT2D eigenvalue weighted by Gasteiger charge is -1.25. The molecular weight excluding hydrogens is 56.0 g/mol. The maximum atomic E-state index is 6.88. The van der Waals surface area contributed by atoms with Gasteiger partial charge in [0, 0.05) is 0 Å². The van der Waals surface area contributed by atoms with E-state index in [1.807, 2.05) is 0 Å². The number of hydrogen-bond acceptors (Lipinski definition) is 2. The second-order valence-corrected chi connectivity index (χ2v) is 0.100. The largest absolute Gasteiger partial charge is 0.443 e. The third kappa shape index (κ3) is 0.139. The summed E-state index contributed by atoms with van der Waals surface area (Å²) >= 11 is 0. The van der Waals surface area contributed by atoms with Crippen molar-refractivity contribution >= 4 is 0 Å². The van der Waals surface area contributed by atoms with Crippen LogP contribution in [0.5, 0.6) is 0 Å². The molecule has 0 heterocycles. The van der Waals surface area contributed by atoms with Crippen LogP contribution in [0.1, 0.15) is 0 Å². The molecule has 0 spiro atoms. The van der Waals surface area contributed by atoms with E-state index in [0.29, 0.717) is 0 Å². The Bertz CT molecular complexity index is 27.5. The van der Waals surface area contributed by atoms with Gasteiger partial charge in [-0.05, 0) is 0 Å². The Hall–Kier alpha value is -0.750. The maximum Gasteiger partial charge on any atom is 0.283 e. The van der Waals surface area contributed by atoms with Crippen LogP contribution >= 0.6 is 0 Å². The number of aliphatic hydroxyl groups excluding tert-OH is 1. The first-order chi connectivity index (χ1) is 1.41. The number of nitriles is 1. The smallest absolute Gasteiger partial charge is 0.283 e. The van der Waals surface area contributed by atoms with Gasteiger partial charge in [-0.1, -0.05) is 0 Å². The molecule has 5 N–H and O–H groups in total. The number of aliphatic hydroxyl groups is 1. The summed E-state index contributed by atoms with van der Waals surface area (Å²) in [6.07, 6.45) is 0.750. The van der Waals surface area contributed by atoms with Crippen molar-refractivity contribution in [2.75, 3.05) is 0 Å². The highest BCUT2D eigenvalue weighted by Gasteiger charge is 1.16. The predicted molar refractivity (Wildman–Crippen MR) is 13.5 cm³/mol. The first-order valence-corrected chi connectivity index (χ1v) is 0.447. The van der Waals surface area contributed by atoms with E-state index in [9.17, 15) is 0 Å². The second-order valence-electron chi connectivity index (χ2n) is 0.100. The molecule has 0 aliphatic heterocycles. The van der Waals surface area contributed by atoms with Gasteiger partial charge in [0.25, 0.3) is 6.26 Å². The summed E-state index contributed by atoms with van der Waals surface area (Å²) in [4.78, 5) is 0. The van der Waals surface area contributed by atoms with Crippen LogP contribution in [0.3, 0.4) is 0 Å². The predicted octanol–water partition coefficient (Wildman–Crippen LogP) is 0.216. The van der Waals surface area contributed by atoms with Gasteiger partial charge in [-0.15, -0.1) is 0 Å². The van der Waals surface area contributed by atoms with Crippen LogP contribution in [0.2, 0.25) is 0 Å². The number of hydrogen-bond donors (Lipinski definition) is 2. The van der Waals surface area contributed by atoms with Gasteiger partial charge in [-0.2, -0.15) is 5.26 Å². The molecule has 0 aromatic carbocycles. The van der Waals surface area contributed by atoms with Crippen molar-refractivity contribution in [3.05, 3.63) is 0 Å². The molecular formula is CH5N2O+. The van der Waals surface area contributed by atoms with Gasteiger partial charge >= 0.3 is 0 Å². The van der Waals surface area contributed by atoms with Gasteiger partial charge in [0.05, 0.1) is 0 Å². The average Bonchev–Trinajstić information content (AvgIpc) is 0.918. The zero-order chi connectivity index (χ0) is 2.71. The molecule has 0 aromatic heterocycles. The zero-order valence-corrected chi connectivity index (χ0v) is 2.39. The molecule has 4 heavy (non-hydrogen) atoms. The first-order valence-electron chi connectivity index (χ1n) is 0.447. The average molecular weight is 61.1 g/mol. The van der Waals surface area contributed by atoms with E-state index >= 15 is 0 Å². The number of nitrogens with zero attached hydrogens (tertiary/aromatic N) is 1. The van der Waals surface area contributed by atoms with Crippen molar-refractivity contribution in [1.82, 2.24) is 6.15 Å². The summed E-state index contributed by atoms with van der Waals surface area (Å²) in [5.74, 6) is 0. The summed E-state index contributed by atoms with van der Waals surface area (Å²) in [5.41, 5.74) is 0. The highest BCUT2D eigenvalue weighted by Crippen LogP contribution is 1.06. The third-order valence-electron chi connectivity index (χ3n) is 0. The summed E-state index contributed by atoms with van der Waals surface area (Å²) in [5, 5.41) is 13.8. The van der Waals surface area contributed by atoms with Crippen LogP contribution in [-0.2, 0) is 0 Å². The van der Waals surface area contributed by atoms with E-state index in [2.05, 4.69) is 0 Å². The van der Waals surface area contributed by atoms with Crippen molar-refractivity contribution in [3.63, 3.8) is 0 Å². The molecule has 3 nitrogen and oxygen atoms in total. The summed E-state index contributed by atoms with van der Waals surface area (Å²) in [7, 11) is 0. The van der Waals surface area contributed by atoms with Gasteiger partial charge in [0.2, 0.25) is 0 Å². The quantitative estimate of drug-likeness (QED) is 0.393. The standard InChI is InChI=1S/CHNO.H3N/c2-1-3;/h3H;1H3/p+1. The van der Waals surface area contributed by atoms with E-state index in [-0.39, 0.29) is 6.15 Å². The molecule has 0 aliphatic rings. The molecule has 0 amide bonds. The Morgan fingerprint density at radius 2 is 1.75 bits per heavy atom. The van der Waals surface area contributed by atoms with Crippen LogP contribution in [0.4, 0.5) is 0 Å². The lowest BCUT2D eigenvalue weighted by Crippen LogP contribution is -1.27. The molecule has 0 rings (SSSR count). The van der Waals surface area contributed by atoms with E-state index in [1.54, 1.807) is 0 Å². The molecule has 0 saturated carbocycles. The number of rotatable bonds is 0. The summed E-state index contributed by atoms with van der Waals surface area (Å²) in [6, 6.07) is 0. The van der Waals surface area contributed by atoms with Crippen molar-refractivity contribution < 1.29 is 5.11 Å². The van der Waals surface area contributed by atoms with Gasteiger partial charge in [0.15, 0.2) is 0 Å². The summed E-state index contributed by atoms with van der Waals surface area (Å²) < 4.78 is 0. The Kier molecular flexibility index (Phi) is 148. The zero-order valence-electron chi connectivity index (χ0n) is 2.39. The molecule has 24 valence electrons. The molecule has 0 bridgehead atoms. The van der Waals surface area contributed by atoms with Gasteiger partial charge in [0.1, 0.15) is 0 Å². The Morgan fingerprint density at radius 3 is 1.75 bits per heavy atom. The molecule has 0 aliphatic carbocycles. The number of quaternary nitrogens is 1. The first kappa shape index (κ1) is 10.5. The highest BCUT2D eigenvalue weighted by atomic mass is 16.2. The normalized spacial score (nSPS) is 1.75. The topological polar surface area (TPSA) is 80.5 Å². The van der Waals surface area contributed by atoms with Crippen molar-refractivity contribution in [3.8, 4) is 6.26 Å². The van der Waals surface area contributed by atoms with Crippen LogP contribution in [0.25, 0.3) is 0 Å². The minimum Gasteiger partial charge on any atom is -0.443 e. The monoisotopic (exact) mass is 61.0 g/mol. The molecule has 0 saturated heterocycles. The third-order valence-corrected chi connectivity index (χ3v) is 0. The fraction of sp³-hybridized carbons (Fsp3) is 0. The molecule has 0 aromatic rings. The van der Waals surface area contributed by atoms with Crippen LogP contribution < -0.4 is 6.15 Å². The Morgan fingerprint density at radius 1 is 1.75 bits per heavy atom. The minimum absolute atomic E-state index is 0. The maximum absolute atomic E-state index is 6.88. The molecule has 3 heteroatoms. The lowest BCUT2D eigenvalue weighted by molar-refractivity contribution is 0.503. The van der Waals surface area contributed by atoms with Crippen molar-refractivity contribution in [2.45, 2.75) is 0 Å². The fourth-order valence-corrected chi connectivity index (χ4v) is 0. The molecule has 0 fully saturated rings. The second kappa shape index (κ2) is 56.2. The van der Waals surface area contributed by atoms with E-state index in [4.69, 9.17) is 10.4 Å². The molecule has 0 atom stereocenters.